The predicted octanol–water partition coefficient (Wildman–Crippen LogP) is 1.58. The Hall–Kier alpha value is -1.33. The Morgan fingerprint density at radius 3 is 2.79 bits per heavy atom. The van der Waals surface area contributed by atoms with Gasteiger partial charge in [0.1, 0.15) is 5.84 Å². The lowest BCUT2D eigenvalue weighted by atomic mass is 10.3. The van der Waals surface area contributed by atoms with Crippen LogP contribution >= 0.6 is 0 Å². The van der Waals surface area contributed by atoms with Gasteiger partial charge in [-0.25, -0.2) is 5.01 Å². The van der Waals surface area contributed by atoms with E-state index in [9.17, 15) is 13.2 Å². The maximum atomic E-state index is 12.3. The standard InChI is InChI=1S/C8H8F3N3/c1-5-2-3-7-12-6(8(9,10)11)4-14(7)13-5/h2-3,6H,4H2,1H3. The molecule has 0 amide bonds. The molecule has 1 unspecified atom stereocenters. The summed E-state index contributed by atoms with van der Waals surface area (Å²) in [6.45, 7) is 1.52. The Bertz CT molecular complexity index is 340. The molecule has 2 heterocycles. The van der Waals surface area contributed by atoms with Gasteiger partial charge in [-0.3, -0.25) is 4.99 Å². The second kappa shape index (κ2) is 2.83. The van der Waals surface area contributed by atoms with Crippen molar-refractivity contribution in [2.24, 2.45) is 10.1 Å². The molecule has 0 saturated heterocycles. The monoisotopic (exact) mass is 203 g/mol. The summed E-state index contributed by atoms with van der Waals surface area (Å²) in [5.74, 6) is 0.290. The smallest absolute Gasteiger partial charge is 0.252 e. The van der Waals surface area contributed by atoms with Gasteiger partial charge in [-0.1, -0.05) is 0 Å². The van der Waals surface area contributed by atoms with Crippen molar-refractivity contribution in [3.63, 3.8) is 0 Å². The van der Waals surface area contributed by atoms with E-state index in [2.05, 4.69) is 10.1 Å². The van der Waals surface area contributed by atoms with Crippen LogP contribution in [0.25, 0.3) is 0 Å². The van der Waals surface area contributed by atoms with Crippen LogP contribution in [0.3, 0.4) is 0 Å². The van der Waals surface area contributed by atoms with E-state index in [1.165, 1.54) is 5.01 Å². The second-order valence-electron chi connectivity index (χ2n) is 3.20. The first-order valence-corrected chi connectivity index (χ1v) is 4.12. The number of rotatable bonds is 0. The Balaban J connectivity index is 2.22. The largest absolute Gasteiger partial charge is 0.412 e. The van der Waals surface area contributed by atoms with Crippen LogP contribution in [0.2, 0.25) is 0 Å². The average molecular weight is 203 g/mol. The van der Waals surface area contributed by atoms with Gasteiger partial charge in [-0.2, -0.15) is 18.3 Å². The van der Waals surface area contributed by atoms with Crippen LogP contribution in [0, 0.1) is 0 Å². The van der Waals surface area contributed by atoms with Crippen LogP contribution in [0.1, 0.15) is 6.92 Å². The fourth-order valence-electron chi connectivity index (χ4n) is 1.34. The number of hydrogen-bond donors (Lipinski definition) is 0. The number of hydrazone groups is 1. The van der Waals surface area contributed by atoms with E-state index in [4.69, 9.17) is 0 Å². The minimum Gasteiger partial charge on any atom is -0.252 e. The molecular weight excluding hydrogens is 195 g/mol. The molecule has 1 atom stereocenters. The summed E-state index contributed by atoms with van der Waals surface area (Å²) in [6.07, 6.45) is -1.08. The number of hydrogen-bond acceptors (Lipinski definition) is 3. The van der Waals surface area contributed by atoms with Crippen molar-refractivity contribution < 1.29 is 13.2 Å². The highest BCUT2D eigenvalue weighted by Gasteiger charge is 2.44. The van der Waals surface area contributed by atoms with Crippen molar-refractivity contribution in [2.45, 2.75) is 19.1 Å². The molecule has 0 radical (unpaired) electrons. The molecule has 0 spiro atoms. The minimum absolute atomic E-state index is 0.208. The van der Waals surface area contributed by atoms with Crippen molar-refractivity contribution in [2.75, 3.05) is 6.54 Å². The zero-order valence-electron chi connectivity index (χ0n) is 7.41. The fourth-order valence-corrected chi connectivity index (χ4v) is 1.34. The van der Waals surface area contributed by atoms with Gasteiger partial charge >= 0.3 is 6.18 Å². The highest BCUT2D eigenvalue weighted by Crippen LogP contribution is 2.28. The van der Waals surface area contributed by atoms with Gasteiger partial charge in [-0.05, 0) is 19.1 Å². The van der Waals surface area contributed by atoms with Gasteiger partial charge in [0, 0.05) is 0 Å². The molecule has 0 bridgehead atoms. The maximum absolute atomic E-state index is 12.3. The third-order valence-corrected chi connectivity index (χ3v) is 2.03. The molecule has 0 saturated carbocycles. The zero-order valence-corrected chi connectivity index (χ0v) is 7.41. The zero-order chi connectivity index (χ0) is 10.3. The maximum Gasteiger partial charge on any atom is 0.412 e. The second-order valence-corrected chi connectivity index (χ2v) is 3.20. The molecule has 0 N–H and O–H groups in total. The van der Waals surface area contributed by atoms with Gasteiger partial charge in [-0.15, -0.1) is 0 Å². The van der Waals surface area contributed by atoms with E-state index in [1.54, 1.807) is 19.1 Å². The van der Waals surface area contributed by atoms with Crippen molar-refractivity contribution in [3.8, 4) is 0 Å². The molecule has 6 heteroatoms. The van der Waals surface area contributed by atoms with Gasteiger partial charge in [0.15, 0.2) is 6.04 Å². The van der Waals surface area contributed by atoms with E-state index < -0.39 is 12.2 Å². The normalized spacial score (nSPS) is 26.0. The summed E-state index contributed by atoms with van der Waals surface area (Å²) in [5.41, 5.74) is 0.687. The third-order valence-electron chi connectivity index (χ3n) is 2.03. The van der Waals surface area contributed by atoms with Gasteiger partial charge in [0.25, 0.3) is 0 Å². The topological polar surface area (TPSA) is 28.0 Å². The van der Waals surface area contributed by atoms with Crippen LogP contribution in [-0.4, -0.2) is 35.3 Å². The fraction of sp³-hybridized carbons (Fsp3) is 0.500. The summed E-state index contributed by atoms with van der Waals surface area (Å²) in [5, 5.41) is 5.23. The SMILES string of the molecule is CC1=NN2CC(C(F)(F)F)N=C2C=C1. The number of aliphatic imine (C=N–C) groups is 1. The van der Waals surface area contributed by atoms with E-state index in [0.29, 0.717) is 5.71 Å². The molecule has 0 aliphatic carbocycles. The van der Waals surface area contributed by atoms with Crippen molar-refractivity contribution in [1.29, 1.82) is 0 Å². The average Bonchev–Trinajstić information content (AvgIpc) is 2.45. The first-order valence-electron chi connectivity index (χ1n) is 4.12. The molecule has 14 heavy (non-hydrogen) atoms. The van der Waals surface area contributed by atoms with E-state index in [0.717, 1.165) is 0 Å². The molecule has 0 aromatic carbocycles. The van der Waals surface area contributed by atoms with Gasteiger partial charge < -0.3 is 0 Å². The molecule has 2 aliphatic heterocycles. The predicted molar refractivity (Wildman–Crippen MR) is 46.2 cm³/mol. The van der Waals surface area contributed by atoms with E-state index >= 15 is 0 Å². The van der Waals surface area contributed by atoms with Crippen LogP contribution < -0.4 is 0 Å². The molecule has 0 aromatic rings. The highest BCUT2D eigenvalue weighted by atomic mass is 19.4. The number of nitrogens with zero attached hydrogens (tertiary/aromatic N) is 3. The molecule has 0 fully saturated rings. The minimum atomic E-state index is -4.28. The van der Waals surface area contributed by atoms with Crippen molar-refractivity contribution in [1.82, 2.24) is 5.01 Å². The Kier molecular flexibility index (Phi) is 1.87. The van der Waals surface area contributed by atoms with E-state index in [1.807, 2.05) is 0 Å². The van der Waals surface area contributed by atoms with Gasteiger partial charge in [0.05, 0.1) is 12.3 Å². The molecule has 2 rings (SSSR count). The number of alkyl halides is 3. The molecule has 76 valence electrons. The Labute approximate surface area is 78.6 Å². The lowest BCUT2D eigenvalue weighted by molar-refractivity contribution is -0.146. The molecular formula is C8H8F3N3. The first-order chi connectivity index (χ1) is 6.47. The third kappa shape index (κ3) is 1.51. The Morgan fingerprint density at radius 2 is 2.14 bits per heavy atom. The number of fused-ring (bicyclic) bond motifs is 1. The summed E-state index contributed by atoms with van der Waals surface area (Å²) in [7, 11) is 0. The molecule has 2 aliphatic rings. The van der Waals surface area contributed by atoms with Crippen molar-refractivity contribution in [3.05, 3.63) is 12.2 Å². The lowest BCUT2D eigenvalue weighted by Crippen LogP contribution is -2.33. The number of allylic oxidation sites excluding steroid dienone is 1. The Morgan fingerprint density at radius 1 is 1.43 bits per heavy atom. The van der Waals surface area contributed by atoms with Crippen LogP contribution in [0.15, 0.2) is 22.2 Å². The number of amidine groups is 1. The molecule has 0 aromatic heterocycles. The van der Waals surface area contributed by atoms with E-state index in [-0.39, 0.29) is 12.4 Å². The summed E-state index contributed by atoms with van der Waals surface area (Å²) >= 11 is 0. The lowest BCUT2D eigenvalue weighted by Gasteiger charge is -2.17. The molecule has 3 nitrogen and oxygen atoms in total. The number of halogens is 3. The van der Waals surface area contributed by atoms with Crippen molar-refractivity contribution >= 4 is 11.5 Å². The van der Waals surface area contributed by atoms with Gasteiger partial charge in [0.2, 0.25) is 0 Å². The first kappa shape index (κ1) is 9.23. The van der Waals surface area contributed by atoms with Crippen LogP contribution in [0.4, 0.5) is 13.2 Å². The summed E-state index contributed by atoms with van der Waals surface area (Å²) in [4.78, 5) is 3.54. The highest BCUT2D eigenvalue weighted by molar-refractivity contribution is 6.05. The summed E-state index contributed by atoms with van der Waals surface area (Å²) < 4.78 is 36.9. The van der Waals surface area contributed by atoms with Crippen LogP contribution in [0.5, 0.6) is 0 Å². The van der Waals surface area contributed by atoms with Crippen LogP contribution in [-0.2, 0) is 0 Å². The quantitative estimate of drug-likeness (QED) is 0.587. The summed E-state index contributed by atoms with van der Waals surface area (Å²) in [6, 6.07) is -1.64.